The first-order valence-corrected chi connectivity index (χ1v) is 46.1. The molecule has 3 amide bonds. The molecule has 3 saturated heterocycles. The monoisotopic (exact) mass is 1930 g/mol. The van der Waals surface area contributed by atoms with Crippen LogP contribution >= 0.6 is 0 Å². The Labute approximate surface area is 798 Å². The molecule has 3 aromatic heterocycles. The Kier molecular flexibility index (Phi) is 33.1. The smallest absolute Gasteiger partial charge is 0.307 e. The molecular formula is C98H122F6N9O15V3-3. The number of carbonyl (C=O) groups excluding carboxylic acids is 9. The number of rotatable bonds is 3. The third-order valence-electron chi connectivity index (χ3n) is 29.2. The van der Waals surface area contributed by atoms with E-state index in [-0.39, 0.29) is 179 Å². The van der Waals surface area contributed by atoms with E-state index in [0.717, 1.165) is 44.9 Å². The number of hydrogen-bond acceptors (Lipinski definition) is 21. The van der Waals surface area contributed by atoms with E-state index in [1.165, 1.54) is 14.7 Å². The number of benzene rings is 3. The number of nitrogens with zero attached hydrogens (tertiary/aromatic N) is 9. The molecule has 2 unspecified atom stereocenters. The van der Waals surface area contributed by atoms with Crippen molar-refractivity contribution < 1.29 is 154 Å². The number of para-hydroxylation sites is 6. The van der Waals surface area contributed by atoms with Crippen molar-refractivity contribution in [2.45, 2.75) is 310 Å². The number of aromatic nitrogens is 6. The van der Waals surface area contributed by atoms with Gasteiger partial charge in [0.1, 0.15) is 36.1 Å². The summed E-state index contributed by atoms with van der Waals surface area (Å²) < 4.78 is 132. The Morgan fingerprint density at radius 3 is 1.06 bits per heavy atom. The van der Waals surface area contributed by atoms with Crippen LogP contribution in [0.5, 0.6) is 17.6 Å². The Hall–Kier alpha value is -7.76. The second kappa shape index (κ2) is 41.8. The Morgan fingerprint density at radius 2 is 0.695 bits per heavy atom. The Morgan fingerprint density at radius 1 is 0.366 bits per heavy atom. The van der Waals surface area contributed by atoms with Crippen LogP contribution in [0.4, 0.5) is 26.3 Å². The minimum atomic E-state index is -3.33. The Balaban J connectivity index is 0.000000188. The van der Waals surface area contributed by atoms with Gasteiger partial charge < -0.3 is 57.5 Å². The number of esters is 3. The minimum absolute atomic E-state index is 0. The van der Waals surface area contributed by atoms with E-state index in [0.29, 0.717) is 89.9 Å². The molecule has 6 aromatic rings. The van der Waals surface area contributed by atoms with Crippen molar-refractivity contribution in [3.05, 3.63) is 89.9 Å². The number of ether oxygens (including phenoxy) is 6. The molecule has 131 heavy (non-hydrogen) atoms. The van der Waals surface area contributed by atoms with Gasteiger partial charge in [0.15, 0.2) is 17.1 Å². The molecule has 7 fully saturated rings. The maximum Gasteiger partial charge on any atom is 0.307 e. The van der Waals surface area contributed by atoms with Gasteiger partial charge in [0.05, 0.1) is 89.8 Å². The van der Waals surface area contributed by atoms with Crippen LogP contribution in [0.2, 0.25) is 0 Å². The molecule has 0 spiro atoms. The molecule has 16 rings (SSSR count). The summed E-state index contributed by atoms with van der Waals surface area (Å²) in [5.41, 5.74) is -1.93. The van der Waals surface area contributed by atoms with Gasteiger partial charge in [0, 0.05) is 74.9 Å². The fourth-order valence-electron chi connectivity index (χ4n) is 21.2. The molecule has 709 valence electrons. The van der Waals surface area contributed by atoms with Crippen LogP contribution in [0.1, 0.15) is 255 Å². The summed E-state index contributed by atoms with van der Waals surface area (Å²) in [7, 11) is 0. The van der Waals surface area contributed by atoms with Crippen LogP contribution in [-0.4, -0.2) is 173 Å². The van der Waals surface area contributed by atoms with E-state index in [4.69, 9.17) is 28.4 Å². The van der Waals surface area contributed by atoms with Gasteiger partial charge in [-0.15, -0.1) is 0 Å². The first kappa shape index (κ1) is 104. The van der Waals surface area contributed by atoms with Gasteiger partial charge in [-0.25, -0.2) is 48.8 Å². The van der Waals surface area contributed by atoms with Crippen LogP contribution in [0.3, 0.4) is 0 Å². The van der Waals surface area contributed by atoms with E-state index in [1.807, 2.05) is 88.1 Å². The van der Waals surface area contributed by atoms with Crippen LogP contribution in [0.15, 0.2) is 72.8 Å². The predicted octanol–water partition coefficient (Wildman–Crippen LogP) is 17.5. The Bertz CT molecular complexity index is 5020. The van der Waals surface area contributed by atoms with Gasteiger partial charge in [-0.1, -0.05) is 157 Å². The molecule has 24 nitrogen and oxygen atoms in total. The topological polar surface area (TPSA) is 296 Å². The van der Waals surface area contributed by atoms with Crippen molar-refractivity contribution in [1.29, 1.82) is 0 Å². The summed E-state index contributed by atoms with van der Waals surface area (Å²) in [6.45, 7) is 23.9. The number of amides is 3. The van der Waals surface area contributed by atoms with Crippen LogP contribution < -0.4 is 14.2 Å². The predicted molar refractivity (Wildman–Crippen MR) is 461 cm³/mol. The first-order valence-electron chi connectivity index (χ1n) is 46.1. The summed E-state index contributed by atoms with van der Waals surface area (Å²) in [5, 5.41) is 0. The molecule has 10 aliphatic rings. The summed E-state index contributed by atoms with van der Waals surface area (Å²) in [6.07, 6.45) is 12.5. The van der Waals surface area contributed by atoms with E-state index < -0.39 is 166 Å². The van der Waals surface area contributed by atoms with Gasteiger partial charge in [-0.3, -0.25) is 28.8 Å². The van der Waals surface area contributed by atoms with Crippen molar-refractivity contribution >= 4 is 87.6 Å². The number of hydrogen-bond donors (Lipinski definition) is 0. The molecule has 4 saturated carbocycles. The van der Waals surface area contributed by atoms with Crippen LogP contribution in [0, 0.1) is 81.3 Å². The fourth-order valence-corrected chi connectivity index (χ4v) is 21.2. The van der Waals surface area contributed by atoms with Gasteiger partial charge in [0.25, 0.3) is 17.8 Å². The molecule has 0 N–H and O–H groups in total. The molecule has 6 aliphatic heterocycles. The van der Waals surface area contributed by atoms with Gasteiger partial charge >= 0.3 is 17.9 Å². The first-order chi connectivity index (χ1) is 60.5. The fraction of sp³-hybridized carbons (Fsp3) is 0.663. The zero-order valence-electron chi connectivity index (χ0n) is 77.0. The molecule has 3 aromatic carbocycles. The van der Waals surface area contributed by atoms with Crippen molar-refractivity contribution in [1.82, 2.24) is 44.6 Å². The molecular weight excluding hydrogens is 1810 g/mol. The quantitative estimate of drug-likeness (QED) is 0.0688. The van der Waals surface area contributed by atoms with Gasteiger partial charge in [-0.05, 0) is 197 Å². The molecule has 4 aliphatic carbocycles. The van der Waals surface area contributed by atoms with Crippen LogP contribution in [-0.2, 0) is 131 Å². The molecule has 33 heteroatoms. The van der Waals surface area contributed by atoms with Gasteiger partial charge in [0.2, 0.25) is 35.4 Å². The van der Waals surface area contributed by atoms with Crippen molar-refractivity contribution in [2.24, 2.45) is 81.3 Å². The van der Waals surface area contributed by atoms with Crippen molar-refractivity contribution in [3.8, 4) is 17.6 Å². The van der Waals surface area contributed by atoms with E-state index in [2.05, 4.69) is 29.9 Å². The molecule has 3 radical (unpaired) electrons. The van der Waals surface area contributed by atoms with E-state index in [1.54, 1.807) is 93.6 Å². The summed E-state index contributed by atoms with van der Waals surface area (Å²) in [5.74, 6) is -16.0. The summed E-state index contributed by atoms with van der Waals surface area (Å²) in [4.78, 5) is 149. The second-order valence-electron chi connectivity index (χ2n) is 41.2. The van der Waals surface area contributed by atoms with E-state index >= 15 is 26.3 Å². The number of halogens is 6. The second-order valence-corrected chi connectivity index (χ2v) is 41.2. The molecule has 9 heterocycles. The van der Waals surface area contributed by atoms with Gasteiger partial charge in [-0.2, -0.15) is 26.3 Å². The molecule has 20 atom stereocenters. The number of alkyl halides is 6. The van der Waals surface area contributed by atoms with Crippen molar-refractivity contribution in [2.75, 3.05) is 19.6 Å². The van der Waals surface area contributed by atoms with Crippen molar-refractivity contribution in [3.63, 3.8) is 0 Å². The SMILES string of the molecule is C[C@@H]1[C@@H]2CN(C(=O)[C@H](C(C)(C)C)CC(=O)O[C@@H]3CC4CC4[C@H]3CCCCC(F)(F)c3nc4ccccc4nc3O2)[C@@H]1[C-]=O.C[C@@H]1[C@@H]2CN(C(=O)[C@H](C(C)(C)C)CC(=O)O[C@@H]3CCC[C@H]3CCCCC(F)(F)c3nc4ccccc4nc3O2)[C@@H]1[C-]=O.C[C@@H]1[C@@H]2CN(C(=O)[C@H](C(C)(C)C)CC(=O)O[C@]3(C)CCC[C@H]3CCCCC(F)(F)c3nc4ccccc4nc3O2)[C@@H]1[C-]=O.[V].[V].[V]. The minimum Gasteiger partial charge on any atom is -0.540 e. The summed E-state index contributed by atoms with van der Waals surface area (Å²) in [6, 6.07) is 17.4. The summed E-state index contributed by atoms with van der Waals surface area (Å²) >= 11 is 0. The third kappa shape index (κ3) is 23.0. The number of carbonyl (C=O) groups is 6. The van der Waals surface area contributed by atoms with Crippen LogP contribution in [0.25, 0.3) is 33.1 Å². The maximum absolute atomic E-state index is 15.9. The standard InChI is InChI=1S/C33H40F2N3O5.C33H42F2N3O5.C32H40F2N3O5.3V/c1-18-25(17-39)38-16-27(18)43-30-29(36-23-10-5-6-11-24(23)37-30)33(34,35)12-8-7-9-20-21-13-19(21)14-26(20)42-28(40)15-22(31(38)41)32(2,3)4;1-20-25(19-39)38-18-26(20)42-29-28(36-23-13-6-7-14-24(23)37-29)33(34,35)16-9-8-11-21-12-10-15-32(21,5)43-27(40)17-22(30(38)41)31(2,3)4;1-19-24(18-38)37-17-26(19)42-29-28(35-22-12-5-6-13-23(22)36-29)32(33,34)15-8-7-10-20-11-9-14-25(20)41-27(39)16-21(30(37)40)31(2,3)4;;;/h5-6,10-11,18-22,25-27H,7-9,12-16H2,1-4H3;6-7,13-14,20-22,25-26H,8-12,15-18H2,1-5H3;5-6,12-13,19-21,24-26H,7-11,14-17H2,1-4H3;;;/q3*-1;;;/t18-,19?,20+,21?,22+,25+,26+,27-;20-,21+,22+,25+,26-,32+;19-,20+,21+,24+,25+,26-;;;/m000.../s1. The average Bonchev–Trinajstić information content (AvgIpc) is 1.57. The number of fused-ring (bicyclic) bond motifs is 17. The third-order valence-corrected chi connectivity index (χ3v) is 29.2. The molecule has 6 bridgehead atoms. The largest absolute Gasteiger partial charge is 0.540 e. The van der Waals surface area contributed by atoms with E-state index in [9.17, 15) is 43.2 Å². The zero-order chi connectivity index (χ0) is 92.1. The maximum atomic E-state index is 15.9. The average molecular weight is 1930 g/mol. The normalized spacial score (nSPS) is 31.9. The zero-order valence-corrected chi connectivity index (χ0v) is 81.2.